The second-order valence-corrected chi connectivity index (χ2v) is 13.7. The Morgan fingerprint density at radius 1 is 1.08 bits per heavy atom. The van der Waals surface area contributed by atoms with E-state index in [2.05, 4.69) is 24.1 Å². The normalized spacial score (nSPS) is 16.5. The quantitative estimate of drug-likeness (QED) is 0.279. The second kappa shape index (κ2) is 15.1. The van der Waals surface area contributed by atoms with E-state index >= 15 is 0 Å². The van der Waals surface area contributed by atoms with E-state index in [1.807, 2.05) is 12.1 Å². The fraction of sp³-hybridized carbons (Fsp3) is 0.720. The number of rotatable bonds is 17. The highest BCUT2D eigenvalue weighted by Gasteiger charge is 2.31. The van der Waals surface area contributed by atoms with E-state index in [1.165, 1.54) is 10.6 Å². The summed E-state index contributed by atoms with van der Waals surface area (Å²) in [6.45, 7) is 8.84. The molecule has 1 atom stereocenters. The number of carbonyl (C=O) groups is 1. The van der Waals surface area contributed by atoms with E-state index in [0.29, 0.717) is 50.3 Å². The van der Waals surface area contributed by atoms with Gasteiger partial charge in [0.2, 0.25) is 15.9 Å². The van der Waals surface area contributed by atoms with Crippen molar-refractivity contribution in [1.82, 2.24) is 19.4 Å². The second-order valence-electron chi connectivity index (χ2n) is 9.58. The molecule has 1 aliphatic rings. The van der Waals surface area contributed by atoms with Gasteiger partial charge in [-0.2, -0.15) is 4.31 Å². The zero-order valence-electron chi connectivity index (χ0n) is 22.7. The highest BCUT2D eigenvalue weighted by molar-refractivity contribution is 7.90. The van der Waals surface area contributed by atoms with E-state index in [9.17, 15) is 21.6 Å². The maximum Gasteiger partial charge on any atom is 0.237 e. The fourth-order valence-electron chi connectivity index (χ4n) is 4.44. The Bertz CT molecular complexity index is 1050. The number of ether oxygens (including phenoxy) is 1. The third-order valence-electron chi connectivity index (χ3n) is 6.73. The van der Waals surface area contributed by atoms with Crippen molar-refractivity contribution in [2.24, 2.45) is 0 Å². The van der Waals surface area contributed by atoms with Crippen molar-refractivity contribution in [1.29, 1.82) is 0 Å². The minimum absolute atomic E-state index is 0.0309. The summed E-state index contributed by atoms with van der Waals surface area (Å²) in [7, 11) is -5.06. The number of sulfone groups is 1. The number of nitrogens with one attached hydrogen (secondary N) is 1. The lowest BCUT2D eigenvalue weighted by Crippen LogP contribution is -2.53. The maximum atomic E-state index is 12.6. The first-order valence-corrected chi connectivity index (χ1v) is 16.5. The van der Waals surface area contributed by atoms with Crippen LogP contribution in [0.25, 0.3) is 0 Å². The van der Waals surface area contributed by atoms with Gasteiger partial charge < -0.3 is 19.9 Å². The summed E-state index contributed by atoms with van der Waals surface area (Å²) in [4.78, 5) is 17.1. The number of hydrogen-bond acceptors (Lipinski definition) is 8. The fourth-order valence-corrected chi connectivity index (χ4v) is 6.40. The number of methoxy groups -OCH3 is 1. The average molecular weight is 561 g/mol. The van der Waals surface area contributed by atoms with Crippen LogP contribution in [-0.2, 0) is 35.8 Å². The van der Waals surface area contributed by atoms with Gasteiger partial charge in [-0.25, -0.2) is 16.8 Å². The monoisotopic (exact) mass is 560 g/mol. The molecule has 1 unspecified atom stereocenters. The number of likely N-dealkylation sites (N-methyl/N-ethyl adjacent to an activating group) is 1. The number of carbonyl (C=O) groups excluding carboxylic acids is 1. The largest absolute Gasteiger partial charge is 0.383 e. The van der Waals surface area contributed by atoms with Crippen molar-refractivity contribution in [3.63, 3.8) is 0 Å². The molecule has 1 aliphatic heterocycles. The van der Waals surface area contributed by atoms with Gasteiger partial charge >= 0.3 is 0 Å². The standard InChI is InChI=1S/C25H44N4O6S2/c1-5-27(22(2)20-23-8-10-24(11-9-23)36(4,31)32)14-6-7-15-28-16-17-29(21-25(28)30)37(33,34)19-13-26-12-18-35-3/h8-11,22,26H,5-7,12-21H2,1-4H3. The van der Waals surface area contributed by atoms with Crippen LogP contribution >= 0.6 is 0 Å². The van der Waals surface area contributed by atoms with Gasteiger partial charge in [-0.05, 0) is 57.0 Å². The minimum Gasteiger partial charge on any atom is -0.383 e. The number of amides is 1. The summed E-state index contributed by atoms with van der Waals surface area (Å²) in [5.74, 6) is -0.169. The molecule has 0 aliphatic carbocycles. The Morgan fingerprint density at radius 2 is 1.78 bits per heavy atom. The van der Waals surface area contributed by atoms with Crippen molar-refractivity contribution in [2.45, 2.75) is 44.0 Å². The molecule has 10 nitrogen and oxygen atoms in total. The summed E-state index contributed by atoms with van der Waals surface area (Å²) in [5, 5.41) is 3.03. The number of unbranched alkanes of at least 4 members (excludes halogenated alkanes) is 1. The van der Waals surface area contributed by atoms with Gasteiger partial charge in [-0.15, -0.1) is 0 Å². The van der Waals surface area contributed by atoms with Crippen molar-refractivity contribution in [2.75, 3.05) is 78.1 Å². The number of piperazine rings is 1. The van der Waals surface area contributed by atoms with Crippen LogP contribution in [0.4, 0.5) is 0 Å². The summed E-state index contributed by atoms with van der Waals surface area (Å²) in [6, 6.07) is 7.38. The zero-order valence-corrected chi connectivity index (χ0v) is 24.3. The van der Waals surface area contributed by atoms with Gasteiger partial charge in [0.15, 0.2) is 9.84 Å². The third-order valence-corrected chi connectivity index (χ3v) is 9.68. The molecular formula is C25H44N4O6S2. The van der Waals surface area contributed by atoms with Crippen LogP contribution in [0.3, 0.4) is 0 Å². The molecule has 0 saturated carbocycles. The van der Waals surface area contributed by atoms with Crippen LogP contribution in [0, 0.1) is 0 Å². The molecule has 1 saturated heterocycles. The molecule has 12 heteroatoms. The molecule has 0 radical (unpaired) electrons. The number of sulfonamides is 1. The van der Waals surface area contributed by atoms with Crippen LogP contribution in [-0.4, -0.2) is 121 Å². The summed E-state index contributed by atoms with van der Waals surface area (Å²) >= 11 is 0. The number of benzene rings is 1. The first-order chi connectivity index (χ1) is 17.5. The van der Waals surface area contributed by atoms with Crippen molar-refractivity contribution >= 4 is 25.8 Å². The molecule has 1 aromatic carbocycles. The molecule has 1 aromatic rings. The molecule has 37 heavy (non-hydrogen) atoms. The van der Waals surface area contributed by atoms with Crippen LogP contribution in [0.15, 0.2) is 29.2 Å². The van der Waals surface area contributed by atoms with Gasteiger partial charge in [0, 0.05) is 52.1 Å². The van der Waals surface area contributed by atoms with E-state index in [-0.39, 0.29) is 18.2 Å². The Kier molecular flexibility index (Phi) is 12.9. The Hall–Kier alpha value is -1.57. The molecule has 1 amide bonds. The molecular weight excluding hydrogens is 516 g/mol. The molecule has 2 rings (SSSR count). The van der Waals surface area contributed by atoms with Crippen LogP contribution < -0.4 is 5.32 Å². The molecule has 212 valence electrons. The molecule has 1 heterocycles. The van der Waals surface area contributed by atoms with Crippen molar-refractivity contribution in [3.05, 3.63) is 29.8 Å². The number of nitrogens with zero attached hydrogens (tertiary/aromatic N) is 3. The first-order valence-electron chi connectivity index (χ1n) is 13.0. The molecule has 0 spiro atoms. The Labute approximate surface area is 223 Å². The first kappa shape index (κ1) is 31.6. The van der Waals surface area contributed by atoms with Gasteiger partial charge in [-0.1, -0.05) is 19.1 Å². The topological polar surface area (TPSA) is 116 Å². The van der Waals surface area contributed by atoms with Crippen LogP contribution in [0.1, 0.15) is 32.3 Å². The Morgan fingerprint density at radius 3 is 2.38 bits per heavy atom. The van der Waals surface area contributed by atoms with Gasteiger partial charge in [-0.3, -0.25) is 4.79 Å². The van der Waals surface area contributed by atoms with E-state index in [4.69, 9.17) is 4.74 Å². The van der Waals surface area contributed by atoms with E-state index in [0.717, 1.165) is 37.9 Å². The van der Waals surface area contributed by atoms with E-state index < -0.39 is 19.9 Å². The number of hydrogen-bond donors (Lipinski definition) is 1. The minimum atomic E-state index is -3.47. The smallest absolute Gasteiger partial charge is 0.237 e. The summed E-state index contributed by atoms with van der Waals surface area (Å²) in [6.07, 6.45) is 3.83. The maximum absolute atomic E-state index is 12.6. The molecule has 1 N–H and O–H groups in total. The SMILES string of the molecule is CCN(CCCCN1CCN(S(=O)(=O)CCNCCOC)CC1=O)C(C)Cc1ccc(S(C)(=O)=O)cc1. The predicted molar refractivity (Wildman–Crippen MR) is 146 cm³/mol. The molecule has 0 bridgehead atoms. The van der Waals surface area contributed by atoms with Gasteiger partial charge in [0.05, 0.1) is 23.8 Å². The van der Waals surface area contributed by atoms with Crippen molar-refractivity contribution in [3.8, 4) is 0 Å². The lowest BCUT2D eigenvalue weighted by Gasteiger charge is -2.34. The highest BCUT2D eigenvalue weighted by Crippen LogP contribution is 2.15. The molecule has 0 aromatic heterocycles. The predicted octanol–water partition coefficient (Wildman–Crippen LogP) is 0.833. The van der Waals surface area contributed by atoms with Crippen LogP contribution in [0.2, 0.25) is 0 Å². The molecule has 1 fully saturated rings. The van der Waals surface area contributed by atoms with Crippen LogP contribution in [0.5, 0.6) is 0 Å². The Balaban J connectivity index is 1.72. The summed E-state index contributed by atoms with van der Waals surface area (Å²) < 4.78 is 54.6. The summed E-state index contributed by atoms with van der Waals surface area (Å²) in [5.41, 5.74) is 1.10. The third kappa shape index (κ3) is 10.6. The van der Waals surface area contributed by atoms with E-state index in [1.54, 1.807) is 24.1 Å². The highest BCUT2D eigenvalue weighted by atomic mass is 32.2. The lowest BCUT2D eigenvalue weighted by molar-refractivity contribution is -0.134. The van der Waals surface area contributed by atoms with Gasteiger partial charge in [0.1, 0.15) is 0 Å². The zero-order chi connectivity index (χ0) is 27.5. The lowest BCUT2D eigenvalue weighted by atomic mass is 10.1. The van der Waals surface area contributed by atoms with Gasteiger partial charge in [0.25, 0.3) is 0 Å². The van der Waals surface area contributed by atoms with Crippen molar-refractivity contribution < 1.29 is 26.4 Å². The average Bonchev–Trinajstić information content (AvgIpc) is 2.84.